The van der Waals surface area contributed by atoms with Crippen LogP contribution < -0.4 is 0 Å². The second-order valence-electron chi connectivity index (χ2n) is 13.9. The maximum Gasteiger partial charge on any atom is 0.338 e. The summed E-state index contributed by atoms with van der Waals surface area (Å²) >= 11 is 1.21. The zero-order valence-electron chi connectivity index (χ0n) is 32.2. The standard InChI is InChI=1S/C46H42O13S/c1-28-37(35(47)36(48)46(54-28)60-33-25-15-6-16-26-33)59-45-40(58-44(52)32-23-13-5-14-24-32)39(57-43(51)31-21-11-4-12-22-31)38(56-42(50)30-19-9-3-10-20-30)34(55-45)27-53-41(49)29-17-7-2-8-18-29/h2-26,28,34-40,45-48H,27H2,1H3/t28-,34+,35-,36+,37-,38-,39-,40+,45-,46-/m0/s1. The van der Waals surface area contributed by atoms with E-state index in [0.29, 0.717) is 0 Å². The largest absolute Gasteiger partial charge is 0.459 e. The third kappa shape index (κ3) is 10.3. The van der Waals surface area contributed by atoms with Gasteiger partial charge in [-0.05, 0) is 67.6 Å². The van der Waals surface area contributed by atoms with Gasteiger partial charge in [0, 0.05) is 4.90 Å². The summed E-state index contributed by atoms with van der Waals surface area (Å²) in [4.78, 5) is 55.7. The molecule has 5 aromatic carbocycles. The molecule has 0 bridgehead atoms. The molecule has 5 aromatic rings. The van der Waals surface area contributed by atoms with Gasteiger partial charge in [-0.15, -0.1) is 0 Å². The van der Waals surface area contributed by atoms with Gasteiger partial charge in [-0.1, -0.05) is 103 Å². The molecule has 310 valence electrons. The predicted octanol–water partition coefficient (Wildman–Crippen LogP) is 5.89. The molecule has 0 saturated carbocycles. The van der Waals surface area contributed by atoms with Gasteiger partial charge < -0.3 is 43.4 Å². The van der Waals surface area contributed by atoms with Crippen molar-refractivity contribution in [3.8, 4) is 0 Å². The van der Waals surface area contributed by atoms with Gasteiger partial charge >= 0.3 is 23.9 Å². The Morgan fingerprint density at radius 2 is 0.933 bits per heavy atom. The van der Waals surface area contributed by atoms with Crippen LogP contribution in [0.1, 0.15) is 48.4 Å². The Morgan fingerprint density at radius 1 is 0.517 bits per heavy atom. The van der Waals surface area contributed by atoms with Crippen molar-refractivity contribution in [1.29, 1.82) is 0 Å². The Balaban J connectivity index is 1.27. The number of hydrogen-bond donors (Lipinski definition) is 2. The van der Waals surface area contributed by atoms with Gasteiger partial charge in [0.15, 0.2) is 24.6 Å². The number of rotatable bonds is 13. The predicted molar refractivity (Wildman–Crippen MR) is 216 cm³/mol. The summed E-state index contributed by atoms with van der Waals surface area (Å²) in [6.07, 6.45) is -13.4. The van der Waals surface area contributed by atoms with Crippen molar-refractivity contribution in [3.63, 3.8) is 0 Å². The van der Waals surface area contributed by atoms with Crippen LogP contribution in [0.4, 0.5) is 0 Å². The molecule has 0 radical (unpaired) electrons. The van der Waals surface area contributed by atoms with Crippen molar-refractivity contribution in [2.75, 3.05) is 6.61 Å². The third-order valence-electron chi connectivity index (χ3n) is 9.80. The van der Waals surface area contributed by atoms with Crippen molar-refractivity contribution >= 4 is 35.6 Å². The van der Waals surface area contributed by atoms with Gasteiger partial charge in [-0.2, -0.15) is 0 Å². The number of ether oxygens (including phenoxy) is 7. The second kappa shape index (κ2) is 19.9. The highest BCUT2D eigenvalue weighted by Crippen LogP contribution is 2.37. The number of hydrogen-bond acceptors (Lipinski definition) is 14. The molecule has 0 spiro atoms. The molecule has 0 aromatic heterocycles. The molecule has 60 heavy (non-hydrogen) atoms. The topological polar surface area (TPSA) is 173 Å². The summed E-state index contributed by atoms with van der Waals surface area (Å²) in [5.74, 6) is -3.36. The first-order valence-electron chi connectivity index (χ1n) is 19.2. The Kier molecular flexibility index (Phi) is 14.0. The molecule has 0 amide bonds. The van der Waals surface area contributed by atoms with Crippen molar-refractivity contribution in [3.05, 3.63) is 174 Å². The van der Waals surface area contributed by atoms with Crippen molar-refractivity contribution < 1.29 is 62.5 Å². The van der Waals surface area contributed by atoms with Crippen LogP contribution in [0.25, 0.3) is 0 Å². The minimum Gasteiger partial charge on any atom is -0.459 e. The van der Waals surface area contributed by atoms with E-state index in [2.05, 4.69) is 0 Å². The molecule has 14 heteroatoms. The average molecular weight is 835 g/mol. The molecule has 7 rings (SSSR count). The molecule has 2 heterocycles. The quantitative estimate of drug-likeness (QED) is 0.106. The number of aliphatic hydroxyl groups is 2. The summed E-state index contributed by atoms with van der Waals surface area (Å²) in [6.45, 7) is 1.05. The van der Waals surface area contributed by atoms with E-state index in [1.54, 1.807) is 91.9 Å². The van der Waals surface area contributed by atoms with Crippen molar-refractivity contribution in [2.24, 2.45) is 0 Å². The average Bonchev–Trinajstić information content (AvgIpc) is 3.29. The van der Waals surface area contributed by atoms with Gasteiger partial charge in [-0.3, -0.25) is 0 Å². The van der Waals surface area contributed by atoms with Gasteiger partial charge in [0.05, 0.1) is 28.4 Å². The highest BCUT2D eigenvalue weighted by molar-refractivity contribution is 7.99. The molecule has 0 aliphatic carbocycles. The highest BCUT2D eigenvalue weighted by atomic mass is 32.2. The first-order chi connectivity index (χ1) is 29.2. The Bertz CT molecular complexity index is 2180. The van der Waals surface area contributed by atoms with E-state index < -0.39 is 91.0 Å². The molecule has 10 atom stereocenters. The SMILES string of the molecule is C[C@@H]1O[C@@H](Sc2ccccc2)[C@H](O)[C@H](O)[C@H]1O[C@@H]1O[C@H](COC(=O)c2ccccc2)[C@H](OC(=O)c2ccccc2)[C@H](OC(=O)c2ccccc2)[C@H]1OC(=O)c1ccccc1. The van der Waals surface area contributed by atoms with E-state index in [1.165, 1.54) is 48.2 Å². The Morgan fingerprint density at radius 3 is 1.42 bits per heavy atom. The summed E-state index contributed by atoms with van der Waals surface area (Å²) in [7, 11) is 0. The molecule has 13 nitrogen and oxygen atoms in total. The van der Waals surface area contributed by atoms with Gasteiger partial charge in [0.25, 0.3) is 0 Å². The number of aliphatic hydroxyl groups excluding tert-OH is 2. The van der Waals surface area contributed by atoms with E-state index in [-0.39, 0.29) is 22.3 Å². The second-order valence-corrected chi connectivity index (χ2v) is 15.1. The zero-order chi connectivity index (χ0) is 42.0. The van der Waals surface area contributed by atoms with E-state index in [0.717, 1.165) is 4.90 Å². The summed E-state index contributed by atoms with van der Waals surface area (Å²) in [5, 5.41) is 22.9. The lowest BCUT2D eigenvalue weighted by Crippen LogP contribution is -2.65. The lowest BCUT2D eigenvalue weighted by molar-refractivity contribution is -0.333. The normalized spacial score (nSPS) is 26.2. The molecule has 0 unspecified atom stereocenters. The van der Waals surface area contributed by atoms with Crippen LogP contribution >= 0.6 is 11.8 Å². The van der Waals surface area contributed by atoms with Crippen LogP contribution in [0.2, 0.25) is 0 Å². The monoisotopic (exact) mass is 834 g/mol. The summed E-state index contributed by atoms with van der Waals surface area (Å²) in [6, 6.07) is 41.3. The van der Waals surface area contributed by atoms with Crippen LogP contribution in [0.15, 0.2) is 157 Å². The first kappa shape index (κ1) is 42.3. The molecule has 2 aliphatic heterocycles. The van der Waals surface area contributed by atoms with E-state index in [1.807, 2.05) is 30.3 Å². The Hall–Kier alpha value is -5.87. The number of esters is 4. The van der Waals surface area contributed by atoms with E-state index >= 15 is 0 Å². The first-order valence-corrected chi connectivity index (χ1v) is 20.1. The minimum atomic E-state index is -1.71. The number of benzene rings is 5. The maximum atomic E-state index is 13.9. The number of carbonyl (C=O) groups excluding carboxylic acids is 4. The van der Waals surface area contributed by atoms with Crippen LogP contribution in [-0.2, 0) is 33.2 Å². The smallest absolute Gasteiger partial charge is 0.338 e. The molecule has 2 N–H and O–H groups in total. The fourth-order valence-electron chi connectivity index (χ4n) is 6.72. The molecule has 2 saturated heterocycles. The number of thioether (sulfide) groups is 1. The molecule has 2 aliphatic rings. The lowest BCUT2D eigenvalue weighted by Gasteiger charge is -2.47. The zero-order valence-corrected chi connectivity index (χ0v) is 33.0. The van der Waals surface area contributed by atoms with Crippen molar-refractivity contribution in [2.45, 2.75) is 72.4 Å². The molecule has 2 fully saturated rings. The molecular weight excluding hydrogens is 793 g/mol. The van der Waals surface area contributed by atoms with Gasteiger partial charge in [-0.25, -0.2) is 19.2 Å². The number of carbonyl (C=O) groups is 4. The van der Waals surface area contributed by atoms with E-state index in [4.69, 9.17) is 33.2 Å². The van der Waals surface area contributed by atoms with Crippen LogP contribution in [0, 0.1) is 0 Å². The maximum absolute atomic E-state index is 13.9. The Labute approximate surface area is 350 Å². The fraction of sp³-hybridized carbons (Fsp3) is 0.261. The minimum absolute atomic E-state index is 0.115. The molecular formula is C46H42O13S. The van der Waals surface area contributed by atoms with E-state index in [9.17, 15) is 29.4 Å². The van der Waals surface area contributed by atoms with Crippen LogP contribution in [0.3, 0.4) is 0 Å². The van der Waals surface area contributed by atoms with Crippen molar-refractivity contribution in [1.82, 2.24) is 0 Å². The highest BCUT2D eigenvalue weighted by Gasteiger charge is 2.56. The summed E-state index contributed by atoms with van der Waals surface area (Å²) < 4.78 is 43.1. The van der Waals surface area contributed by atoms with Crippen LogP contribution in [0.5, 0.6) is 0 Å². The fourth-order valence-corrected chi connectivity index (χ4v) is 7.83. The van der Waals surface area contributed by atoms with Gasteiger partial charge in [0.1, 0.15) is 36.5 Å². The third-order valence-corrected chi connectivity index (χ3v) is 11.0. The van der Waals surface area contributed by atoms with Crippen LogP contribution in [-0.4, -0.2) is 101 Å². The van der Waals surface area contributed by atoms with Gasteiger partial charge in [0.2, 0.25) is 0 Å². The lowest BCUT2D eigenvalue weighted by atomic mass is 9.96. The summed E-state index contributed by atoms with van der Waals surface area (Å²) in [5.41, 5.74) is -0.317.